The third-order valence-electron chi connectivity index (χ3n) is 5.57. The highest BCUT2D eigenvalue weighted by atomic mass is 16.6. The van der Waals surface area contributed by atoms with Crippen LogP contribution >= 0.6 is 0 Å². The molecule has 0 unspecified atom stereocenters. The first-order valence-corrected chi connectivity index (χ1v) is 7.58. The lowest BCUT2D eigenvalue weighted by atomic mass is 9.55. The molecule has 0 bridgehead atoms. The zero-order valence-corrected chi connectivity index (χ0v) is 12.8. The molecule has 0 amide bonds. The molecule has 3 aliphatic rings. The average Bonchev–Trinajstić information content (AvgIpc) is 2.68. The summed E-state index contributed by atoms with van der Waals surface area (Å²) in [5.74, 6) is -0.299. The van der Waals surface area contributed by atoms with Crippen molar-refractivity contribution in [2.45, 2.75) is 52.2 Å². The van der Waals surface area contributed by atoms with Crippen LogP contribution in [0.3, 0.4) is 0 Å². The molecule has 1 saturated carbocycles. The van der Waals surface area contributed by atoms with E-state index in [0.717, 1.165) is 19.3 Å². The normalized spacial score (nSPS) is 41.8. The Morgan fingerprint density at radius 3 is 2.90 bits per heavy atom. The zero-order chi connectivity index (χ0) is 15.4. The number of fused-ring (bicyclic) bond motifs is 3. The maximum absolute atomic E-state index is 11.9. The summed E-state index contributed by atoms with van der Waals surface area (Å²) < 4.78 is 11.2. The minimum absolute atomic E-state index is 0.106. The van der Waals surface area contributed by atoms with E-state index < -0.39 is 0 Å². The topological polar surface area (TPSA) is 52.6 Å². The van der Waals surface area contributed by atoms with Crippen molar-refractivity contribution in [2.75, 3.05) is 0 Å². The molecule has 1 saturated heterocycles. The molecule has 0 aromatic rings. The quantitative estimate of drug-likeness (QED) is 0.423. The summed E-state index contributed by atoms with van der Waals surface area (Å²) in [7, 11) is 0. The van der Waals surface area contributed by atoms with Gasteiger partial charge in [0.2, 0.25) is 0 Å². The third kappa shape index (κ3) is 2.03. The molecule has 2 aliphatic carbocycles. The Morgan fingerprint density at radius 2 is 2.24 bits per heavy atom. The minimum Gasteiger partial charge on any atom is -0.462 e. The minimum atomic E-state index is -0.267. The predicted octanol–water partition coefficient (Wildman–Crippen LogP) is 2.78. The van der Waals surface area contributed by atoms with Gasteiger partial charge >= 0.3 is 11.9 Å². The second-order valence-electron chi connectivity index (χ2n) is 6.81. The van der Waals surface area contributed by atoms with Crippen LogP contribution in [-0.2, 0) is 19.1 Å². The van der Waals surface area contributed by atoms with E-state index in [9.17, 15) is 9.59 Å². The fourth-order valence-electron chi connectivity index (χ4n) is 4.48. The first kappa shape index (κ1) is 14.4. The summed E-state index contributed by atoms with van der Waals surface area (Å²) in [6, 6.07) is 0. The zero-order valence-electron chi connectivity index (χ0n) is 12.8. The van der Waals surface area contributed by atoms with Gasteiger partial charge in [0.05, 0.1) is 0 Å². The lowest BCUT2D eigenvalue weighted by molar-refractivity contribution is -0.167. The van der Waals surface area contributed by atoms with Crippen molar-refractivity contribution >= 4 is 11.9 Å². The predicted molar refractivity (Wildman–Crippen MR) is 77.3 cm³/mol. The van der Waals surface area contributed by atoms with Crippen molar-refractivity contribution in [2.24, 2.45) is 17.3 Å². The van der Waals surface area contributed by atoms with E-state index in [1.807, 2.05) is 0 Å². The van der Waals surface area contributed by atoms with Gasteiger partial charge in [-0.2, -0.15) is 0 Å². The molecule has 4 heteroatoms. The fraction of sp³-hybridized carbons (Fsp3) is 0.647. The molecule has 0 aromatic carbocycles. The molecule has 21 heavy (non-hydrogen) atoms. The first-order chi connectivity index (χ1) is 9.84. The maximum Gasteiger partial charge on any atom is 0.334 e. The van der Waals surface area contributed by atoms with Gasteiger partial charge in [-0.3, -0.25) is 4.79 Å². The molecule has 0 spiro atoms. The van der Waals surface area contributed by atoms with Crippen molar-refractivity contribution < 1.29 is 19.1 Å². The van der Waals surface area contributed by atoms with E-state index in [0.29, 0.717) is 5.57 Å². The van der Waals surface area contributed by atoms with Gasteiger partial charge in [0, 0.05) is 36.2 Å². The van der Waals surface area contributed by atoms with E-state index in [1.165, 1.54) is 12.5 Å². The van der Waals surface area contributed by atoms with Crippen molar-refractivity contribution in [1.29, 1.82) is 0 Å². The van der Waals surface area contributed by atoms with Crippen LogP contribution in [0.15, 0.2) is 23.8 Å². The standard InChI is InChI=1S/C17H22O4/c1-9-5-6-13(20-11(3)18)17(4)8-7-12-10(2)16(19)21-15(12)14(9)17/h5,12-15H,2,6-8H2,1,3-4H3/t12-,13+,14+,15-,17-/m0/s1. The molecular weight excluding hydrogens is 268 g/mol. The van der Waals surface area contributed by atoms with Crippen molar-refractivity contribution in [3.8, 4) is 0 Å². The molecule has 5 atom stereocenters. The average molecular weight is 290 g/mol. The summed E-state index contributed by atoms with van der Waals surface area (Å²) in [5.41, 5.74) is 1.67. The Hall–Kier alpha value is -1.58. The number of carbonyl (C=O) groups is 2. The van der Waals surface area contributed by atoms with Gasteiger partial charge in [-0.05, 0) is 19.8 Å². The number of esters is 2. The molecule has 0 N–H and O–H groups in total. The molecule has 1 heterocycles. The summed E-state index contributed by atoms with van der Waals surface area (Å²) in [4.78, 5) is 23.3. The van der Waals surface area contributed by atoms with Crippen LogP contribution in [-0.4, -0.2) is 24.1 Å². The molecular formula is C17H22O4. The summed E-state index contributed by atoms with van der Waals surface area (Å²) >= 11 is 0. The molecule has 2 fully saturated rings. The van der Waals surface area contributed by atoms with Crippen LogP contribution in [0, 0.1) is 17.3 Å². The lowest BCUT2D eigenvalue weighted by Gasteiger charge is -2.52. The number of hydrogen-bond donors (Lipinski definition) is 0. The van der Waals surface area contributed by atoms with Gasteiger partial charge in [-0.25, -0.2) is 4.79 Å². The number of carbonyl (C=O) groups excluding carboxylic acids is 2. The Morgan fingerprint density at radius 1 is 1.52 bits per heavy atom. The second kappa shape index (κ2) is 4.72. The van der Waals surface area contributed by atoms with Crippen LogP contribution in [0.2, 0.25) is 0 Å². The Bertz CT molecular complexity index is 547. The third-order valence-corrected chi connectivity index (χ3v) is 5.57. The first-order valence-electron chi connectivity index (χ1n) is 7.58. The highest BCUT2D eigenvalue weighted by molar-refractivity contribution is 5.91. The van der Waals surface area contributed by atoms with E-state index in [1.54, 1.807) is 0 Å². The number of rotatable bonds is 1. The molecule has 1 aliphatic heterocycles. The summed E-state index contributed by atoms with van der Waals surface area (Å²) in [6.45, 7) is 9.59. The summed E-state index contributed by atoms with van der Waals surface area (Å²) in [5, 5.41) is 0. The second-order valence-corrected chi connectivity index (χ2v) is 6.81. The summed E-state index contributed by atoms with van der Waals surface area (Å²) in [6.07, 6.45) is 4.35. The molecule has 114 valence electrons. The van der Waals surface area contributed by atoms with Crippen molar-refractivity contribution in [1.82, 2.24) is 0 Å². The van der Waals surface area contributed by atoms with Crippen LogP contribution in [0.25, 0.3) is 0 Å². The van der Waals surface area contributed by atoms with Gasteiger partial charge in [0.15, 0.2) is 0 Å². The van der Waals surface area contributed by atoms with Gasteiger partial charge in [0.25, 0.3) is 0 Å². The van der Waals surface area contributed by atoms with Gasteiger partial charge in [0.1, 0.15) is 12.2 Å². The van der Waals surface area contributed by atoms with Gasteiger partial charge in [-0.1, -0.05) is 25.2 Å². The van der Waals surface area contributed by atoms with Crippen LogP contribution in [0.1, 0.15) is 40.0 Å². The highest BCUT2D eigenvalue weighted by Gasteiger charge is 2.58. The lowest BCUT2D eigenvalue weighted by Crippen LogP contribution is -2.53. The highest BCUT2D eigenvalue weighted by Crippen LogP contribution is 2.56. The smallest absolute Gasteiger partial charge is 0.334 e. The van der Waals surface area contributed by atoms with E-state index in [-0.39, 0.29) is 41.4 Å². The maximum atomic E-state index is 11.9. The fourth-order valence-corrected chi connectivity index (χ4v) is 4.48. The SMILES string of the molecule is C=C1C(=O)O[C@@H]2[C@H]3C(C)=CC[C@@H](OC(C)=O)[C@]3(C)CC[C@@H]12. The van der Waals surface area contributed by atoms with E-state index >= 15 is 0 Å². The van der Waals surface area contributed by atoms with E-state index in [4.69, 9.17) is 9.47 Å². The molecule has 0 aromatic heterocycles. The monoisotopic (exact) mass is 290 g/mol. The van der Waals surface area contributed by atoms with Crippen LogP contribution in [0.4, 0.5) is 0 Å². The van der Waals surface area contributed by atoms with Crippen LogP contribution in [0.5, 0.6) is 0 Å². The molecule has 4 nitrogen and oxygen atoms in total. The molecule has 0 radical (unpaired) electrons. The van der Waals surface area contributed by atoms with Gasteiger partial charge < -0.3 is 9.47 Å². The Kier molecular flexibility index (Phi) is 3.23. The van der Waals surface area contributed by atoms with Crippen LogP contribution < -0.4 is 0 Å². The van der Waals surface area contributed by atoms with Crippen molar-refractivity contribution in [3.63, 3.8) is 0 Å². The number of ether oxygens (including phenoxy) is 2. The Balaban J connectivity index is 1.98. The van der Waals surface area contributed by atoms with Gasteiger partial charge in [-0.15, -0.1) is 0 Å². The molecule has 3 rings (SSSR count). The van der Waals surface area contributed by atoms with E-state index in [2.05, 4.69) is 26.5 Å². The number of hydrogen-bond acceptors (Lipinski definition) is 4. The Labute approximate surface area is 125 Å². The largest absolute Gasteiger partial charge is 0.462 e. The van der Waals surface area contributed by atoms with Crippen molar-refractivity contribution in [3.05, 3.63) is 23.8 Å².